The molecule has 0 unspecified atom stereocenters. The number of hydrogen-bond acceptors (Lipinski definition) is 6. The summed E-state index contributed by atoms with van der Waals surface area (Å²) in [4.78, 5) is 29.3. The Balaban J connectivity index is 1.56. The fourth-order valence-electron chi connectivity index (χ4n) is 3.23. The van der Waals surface area contributed by atoms with Crippen LogP contribution in [0.2, 0.25) is 0 Å². The largest absolute Gasteiger partial charge is 0.398 e. The summed E-state index contributed by atoms with van der Waals surface area (Å²) in [5.41, 5.74) is 6.71. The molecule has 1 aliphatic heterocycles. The van der Waals surface area contributed by atoms with Gasteiger partial charge in [-0.05, 0) is 37.0 Å². The van der Waals surface area contributed by atoms with Crippen molar-refractivity contribution in [3.8, 4) is 0 Å². The summed E-state index contributed by atoms with van der Waals surface area (Å²) in [6, 6.07) is 8.23. The van der Waals surface area contributed by atoms with E-state index >= 15 is 0 Å². The number of carbonyl (C=O) groups excluding carboxylic acids is 1. The lowest BCUT2D eigenvalue weighted by atomic mass is 9.96. The van der Waals surface area contributed by atoms with Crippen molar-refractivity contribution in [2.24, 2.45) is 5.92 Å². The van der Waals surface area contributed by atoms with Crippen molar-refractivity contribution < 1.29 is 9.72 Å². The lowest BCUT2D eigenvalue weighted by molar-refractivity contribution is -0.385. The van der Waals surface area contributed by atoms with Crippen LogP contribution in [-0.4, -0.2) is 35.4 Å². The normalized spacial score (nSPS) is 14.8. The number of rotatable bonds is 5. The van der Waals surface area contributed by atoms with Crippen LogP contribution in [0.5, 0.6) is 0 Å². The molecule has 1 saturated heterocycles. The first-order chi connectivity index (χ1) is 12.6. The first-order valence-corrected chi connectivity index (χ1v) is 8.52. The zero-order valence-electron chi connectivity index (χ0n) is 14.3. The molecule has 0 bridgehead atoms. The predicted octanol–water partition coefficient (Wildman–Crippen LogP) is 2.22. The average molecular weight is 355 g/mol. The first-order valence-electron chi connectivity index (χ1n) is 8.52. The topological polar surface area (TPSA) is 114 Å². The molecule has 3 rings (SSSR count). The third kappa shape index (κ3) is 3.90. The van der Waals surface area contributed by atoms with Gasteiger partial charge in [-0.15, -0.1) is 0 Å². The zero-order chi connectivity index (χ0) is 18.5. The Labute approximate surface area is 151 Å². The van der Waals surface area contributed by atoms with Gasteiger partial charge in [0.2, 0.25) is 0 Å². The number of hydrogen-bond donors (Lipinski definition) is 2. The van der Waals surface area contributed by atoms with E-state index in [2.05, 4.69) is 15.2 Å². The van der Waals surface area contributed by atoms with E-state index in [1.807, 2.05) is 12.1 Å². The van der Waals surface area contributed by atoms with Gasteiger partial charge in [-0.25, -0.2) is 0 Å². The van der Waals surface area contributed by atoms with E-state index in [0.717, 1.165) is 31.6 Å². The van der Waals surface area contributed by atoms with Crippen molar-refractivity contribution in [2.75, 3.05) is 30.3 Å². The predicted molar refractivity (Wildman–Crippen MR) is 99.0 cm³/mol. The number of nitrogens with one attached hydrogen (secondary N) is 1. The SMILES string of the molecule is Nc1cccc([N+](=O)[O-])c1C(=O)NCC1CCN(c2ccncc2)CC1. The van der Waals surface area contributed by atoms with Gasteiger partial charge < -0.3 is 16.0 Å². The maximum atomic E-state index is 12.4. The minimum absolute atomic E-state index is 0.0632. The van der Waals surface area contributed by atoms with Crippen LogP contribution in [0.1, 0.15) is 23.2 Å². The summed E-state index contributed by atoms with van der Waals surface area (Å²) < 4.78 is 0. The van der Waals surface area contributed by atoms with Crippen molar-refractivity contribution in [3.63, 3.8) is 0 Å². The van der Waals surface area contributed by atoms with E-state index in [1.165, 1.54) is 18.2 Å². The number of benzene rings is 1. The molecule has 8 heteroatoms. The van der Waals surface area contributed by atoms with Gasteiger partial charge in [0, 0.05) is 43.8 Å². The number of amides is 1. The summed E-state index contributed by atoms with van der Waals surface area (Å²) in [5.74, 6) is -0.160. The lowest BCUT2D eigenvalue weighted by Gasteiger charge is -2.33. The second kappa shape index (κ2) is 7.81. The first kappa shape index (κ1) is 17.7. The van der Waals surface area contributed by atoms with E-state index in [0.29, 0.717) is 12.5 Å². The Hall–Kier alpha value is -3.16. The third-order valence-electron chi connectivity index (χ3n) is 4.69. The van der Waals surface area contributed by atoms with E-state index in [4.69, 9.17) is 5.73 Å². The highest BCUT2D eigenvalue weighted by atomic mass is 16.6. The molecule has 1 aromatic carbocycles. The van der Waals surface area contributed by atoms with Crippen LogP contribution in [0.25, 0.3) is 0 Å². The van der Waals surface area contributed by atoms with Gasteiger partial charge in [-0.3, -0.25) is 19.9 Å². The second-order valence-corrected chi connectivity index (χ2v) is 6.34. The number of nitrogen functional groups attached to an aromatic ring is 1. The molecule has 136 valence electrons. The quantitative estimate of drug-likeness (QED) is 0.483. The minimum atomic E-state index is -0.585. The molecule has 1 fully saturated rings. The highest BCUT2D eigenvalue weighted by molar-refractivity contribution is 6.03. The molecule has 1 amide bonds. The van der Waals surface area contributed by atoms with Crippen LogP contribution in [0, 0.1) is 16.0 Å². The van der Waals surface area contributed by atoms with E-state index < -0.39 is 10.8 Å². The smallest absolute Gasteiger partial charge is 0.284 e. The number of pyridine rings is 1. The summed E-state index contributed by atoms with van der Waals surface area (Å²) in [5, 5.41) is 13.9. The summed E-state index contributed by atoms with van der Waals surface area (Å²) in [6.07, 6.45) is 5.43. The fourth-order valence-corrected chi connectivity index (χ4v) is 3.23. The Morgan fingerprint density at radius 2 is 1.96 bits per heavy atom. The summed E-state index contributed by atoms with van der Waals surface area (Å²) in [7, 11) is 0. The second-order valence-electron chi connectivity index (χ2n) is 6.34. The standard InChI is InChI=1S/C18H21N5O3/c19-15-2-1-3-16(23(25)26)17(15)18(24)21-12-13-6-10-22(11-7-13)14-4-8-20-9-5-14/h1-5,8-9,13H,6-7,10-12,19H2,(H,21,24). The average Bonchev–Trinajstić information content (AvgIpc) is 2.67. The highest BCUT2D eigenvalue weighted by Crippen LogP contribution is 2.25. The molecule has 2 heterocycles. The molecule has 0 aliphatic carbocycles. The molecule has 26 heavy (non-hydrogen) atoms. The van der Waals surface area contributed by atoms with E-state index in [9.17, 15) is 14.9 Å². The number of anilines is 2. The molecule has 0 spiro atoms. The molecule has 3 N–H and O–H groups in total. The zero-order valence-corrected chi connectivity index (χ0v) is 14.3. The maximum absolute atomic E-state index is 12.4. The van der Waals surface area contributed by atoms with Gasteiger partial charge >= 0.3 is 0 Å². The highest BCUT2D eigenvalue weighted by Gasteiger charge is 2.25. The van der Waals surface area contributed by atoms with Gasteiger partial charge in [-0.2, -0.15) is 0 Å². The number of nitrogens with zero attached hydrogens (tertiary/aromatic N) is 3. The van der Waals surface area contributed by atoms with E-state index in [1.54, 1.807) is 12.4 Å². The molecular formula is C18H21N5O3. The van der Waals surface area contributed by atoms with Crippen LogP contribution in [0.4, 0.5) is 17.1 Å². The van der Waals surface area contributed by atoms with Crippen molar-refractivity contribution in [1.82, 2.24) is 10.3 Å². The number of carbonyl (C=O) groups is 1. The van der Waals surface area contributed by atoms with Crippen molar-refractivity contribution in [1.29, 1.82) is 0 Å². The van der Waals surface area contributed by atoms with Crippen molar-refractivity contribution in [2.45, 2.75) is 12.8 Å². The molecule has 0 radical (unpaired) electrons. The molecule has 0 saturated carbocycles. The van der Waals surface area contributed by atoms with Crippen LogP contribution < -0.4 is 16.0 Å². The Bertz CT molecular complexity index is 789. The summed E-state index contributed by atoms with van der Waals surface area (Å²) >= 11 is 0. The Kier molecular flexibility index (Phi) is 5.31. The van der Waals surface area contributed by atoms with Crippen molar-refractivity contribution >= 4 is 23.0 Å². The number of piperidine rings is 1. The number of nitro benzene ring substituents is 1. The minimum Gasteiger partial charge on any atom is -0.398 e. The van der Waals surface area contributed by atoms with Gasteiger partial charge in [0.25, 0.3) is 11.6 Å². The fraction of sp³-hybridized carbons (Fsp3) is 0.333. The molecule has 1 aromatic heterocycles. The summed E-state index contributed by atoms with van der Waals surface area (Å²) in [6.45, 7) is 2.28. The van der Waals surface area contributed by atoms with Gasteiger partial charge in [-0.1, -0.05) is 6.07 Å². The molecule has 1 aliphatic rings. The molecule has 0 atom stereocenters. The monoisotopic (exact) mass is 355 g/mol. The number of aromatic nitrogens is 1. The molecule has 8 nitrogen and oxygen atoms in total. The van der Waals surface area contributed by atoms with Gasteiger partial charge in [0.15, 0.2) is 0 Å². The van der Waals surface area contributed by atoms with Crippen LogP contribution in [0.15, 0.2) is 42.7 Å². The van der Waals surface area contributed by atoms with Crippen molar-refractivity contribution in [3.05, 3.63) is 58.4 Å². The van der Waals surface area contributed by atoms with Gasteiger partial charge in [0.05, 0.1) is 10.6 Å². The van der Waals surface area contributed by atoms with Gasteiger partial charge in [0.1, 0.15) is 5.56 Å². The van der Waals surface area contributed by atoms with Crippen LogP contribution in [-0.2, 0) is 0 Å². The maximum Gasteiger partial charge on any atom is 0.284 e. The number of nitro groups is 1. The Morgan fingerprint density at radius 1 is 1.27 bits per heavy atom. The number of nitrogens with two attached hydrogens (primary N) is 1. The van der Waals surface area contributed by atoms with E-state index in [-0.39, 0.29) is 16.9 Å². The third-order valence-corrected chi connectivity index (χ3v) is 4.69. The molecule has 2 aromatic rings. The Morgan fingerprint density at radius 3 is 2.62 bits per heavy atom. The molecular weight excluding hydrogens is 334 g/mol. The van der Waals surface area contributed by atoms with Crippen LogP contribution >= 0.6 is 0 Å². The van der Waals surface area contributed by atoms with Crippen LogP contribution in [0.3, 0.4) is 0 Å². The lowest BCUT2D eigenvalue weighted by Crippen LogP contribution is -2.38.